The van der Waals surface area contributed by atoms with Gasteiger partial charge in [0.25, 0.3) is 5.91 Å². The Bertz CT molecular complexity index is 562. The van der Waals surface area contributed by atoms with Gasteiger partial charge in [-0.25, -0.2) is 0 Å². The minimum atomic E-state index is -0.321. The van der Waals surface area contributed by atoms with Crippen LogP contribution in [0, 0.1) is 13.8 Å². The largest absolute Gasteiger partial charge is 0.408 e. The number of anilines is 2. The van der Waals surface area contributed by atoms with Gasteiger partial charge >= 0.3 is 6.01 Å². The van der Waals surface area contributed by atoms with Crippen LogP contribution in [-0.2, 0) is 0 Å². The Morgan fingerprint density at radius 1 is 1.35 bits per heavy atom. The van der Waals surface area contributed by atoms with Gasteiger partial charge in [0.2, 0.25) is 5.89 Å². The summed E-state index contributed by atoms with van der Waals surface area (Å²) in [6, 6.07) is 5.20. The molecule has 1 heterocycles. The highest BCUT2D eigenvalue weighted by Crippen LogP contribution is 2.14. The molecule has 6 heteroatoms. The normalized spacial score (nSPS) is 10.2. The highest BCUT2D eigenvalue weighted by molar-refractivity contribution is 6.04. The average Bonchev–Trinajstić information content (AvgIpc) is 2.67. The summed E-state index contributed by atoms with van der Waals surface area (Å²) < 4.78 is 5.06. The zero-order valence-electron chi connectivity index (χ0n) is 9.52. The first-order chi connectivity index (χ1) is 8.06. The van der Waals surface area contributed by atoms with Crippen molar-refractivity contribution in [3.8, 4) is 0 Å². The lowest BCUT2D eigenvalue weighted by Gasteiger charge is -2.05. The maximum absolute atomic E-state index is 11.9. The van der Waals surface area contributed by atoms with Crippen LogP contribution < -0.4 is 11.1 Å². The zero-order chi connectivity index (χ0) is 12.4. The van der Waals surface area contributed by atoms with E-state index < -0.39 is 0 Å². The van der Waals surface area contributed by atoms with Gasteiger partial charge in [0.05, 0.1) is 0 Å². The Labute approximate surface area is 97.8 Å². The third-order valence-corrected chi connectivity index (χ3v) is 2.25. The standard InChI is InChI=1S/C11H12N4O2/c1-6-3-4-8(12)5-9(6)10(16)13-11-15-14-7(2)17-11/h3-5H,12H2,1-2H3,(H,13,15,16). The molecule has 1 amide bonds. The number of rotatable bonds is 2. The van der Waals surface area contributed by atoms with Crippen LogP contribution in [0.4, 0.5) is 11.7 Å². The third-order valence-electron chi connectivity index (χ3n) is 2.25. The van der Waals surface area contributed by atoms with E-state index in [0.717, 1.165) is 5.56 Å². The number of carbonyl (C=O) groups excluding carboxylic acids is 1. The molecular weight excluding hydrogens is 220 g/mol. The smallest absolute Gasteiger partial charge is 0.322 e. The maximum atomic E-state index is 11.9. The molecule has 3 N–H and O–H groups in total. The number of nitrogens with two attached hydrogens (primary N) is 1. The first kappa shape index (κ1) is 11.1. The lowest BCUT2D eigenvalue weighted by molar-refractivity contribution is 0.102. The SMILES string of the molecule is Cc1nnc(NC(=O)c2cc(N)ccc2C)o1. The van der Waals surface area contributed by atoms with E-state index >= 15 is 0 Å². The Hall–Kier alpha value is -2.37. The van der Waals surface area contributed by atoms with E-state index in [1.165, 1.54) is 0 Å². The highest BCUT2D eigenvalue weighted by atomic mass is 16.4. The van der Waals surface area contributed by atoms with Gasteiger partial charge in [-0.3, -0.25) is 10.1 Å². The van der Waals surface area contributed by atoms with Crippen molar-refractivity contribution in [2.24, 2.45) is 0 Å². The van der Waals surface area contributed by atoms with Crippen LogP contribution >= 0.6 is 0 Å². The van der Waals surface area contributed by atoms with E-state index in [9.17, 15) is 4.79 Å². The van der Waals surface area contributed by atoms with Gasteiger partial charge in [-0.05, 0) is 24.6 Å². The van der Waals surface area contributed by atoms with E-state index in [1.54, 1.807) is 25.1 Å². The molecule has 88 valence electrons. The molecule has 0 unspecified atom stereocenters. The van der Waals surface area contributed by atoms with Crippen LogP contribution in [0.15, 0.2) is 22.6 Å². The summed E-state index contributed by atoms with van der Waals surface area (Å²) in [5, 5.41) is 9.81. The minimum Gasteiger partial charge on any atom is -0.408 e. The lowest BCUT2D eigenvalue weighted by Crippen LogP contribution is -2.14. The number of hydrogen-bond donors (Lipinski definition) is 2. The molecule has 6 nitrogen and oxygen atoms in total. The summed E-state index contributed by atoms with van der Waals surface area (Å²) in [6.07, 6.45) is 0. The van der Waals surface area contributed by atoms with Gasteiger partial charge in [0.1, 0.15) is 0 Å². The average molecular weight is 232 g/mol. The number of amides is 1. The van der Waals surface area contributed by atoms with Gasteiger partial charge in [-0.2, -0.15) is 0 Å². The molecule has 0 aliphatic carbocycles. The number of aromatic nitrogens is 2. The molecule has 17 heavy (non-hydrogen) atoms. The van der Waals surface area contributed by atoms with E-state index in [4.69, 9.17) is 10.2 Å². The Balaban J connectivity index is 2.22. The number of nitrogens with one attached hydrogen (secondary N) is 1. The summed E-state index contributed by atoms with van der Waals surface area (Å²) in [5.74, 6) is 0.0723. The molecule has 0 spiro atoms. The van der Waals surface area contributed by atoms with E-state index in [1.807, 2.05) is 6.92 Å². The summed E-state index contributed by atoms with van der Waals surface area (Å²) in [6.45, 7) is 3.47. The molecule has 2 aromatic rings. The van der Waals surface area contributed by atoms with Gasteiger partial charge < -0.3 is 10.2 Å². The molecule has 1 aromatic heterocycles. The molecular formula is C11H12N4O2. The Morgan fingerprint density at radius 2 is 2.12 bits per heavy atom. The number of carbonyl (C=O) groups is 1. The lowest BCUT2D eigenvalue weighted by atomic mass is 10.1. The molecule has 0 aliphatic heterocycles. The number of aryl methyl sites for hydroxylation is 2. The van der Waals surface area contributed by atoms with Crippen LogP contribution in [0.5, 0.6) is 0 Å². The Kier molecular flexibility index (Phi) is 2.78. The molecule has 0 saturated carbocycles. The van der Waals surface area contributed by atoms with Crippen molar-refractivity contribution in [1.29, 1.82) is 0 Å². The zero-order valence-corrected chi connectivity index (χ0v) is 9.52. The van der Waals surface area contributed by atoms with Crippen molar-refractivity contribution in [3.63, 3.8) is 0 Å². The van der Waals surface area contributed by atoms with Gasteiger partial charge in [0, 0.05) is 18.2 Å². The molecule has 0 fully saturated rings. The second-order valence-corrected chi connectivity index (χ2v) is 3.65. The van der Waals surface area contributed by atoms with E-state index in [2.05, 4.69) is 15.5 Å². The first-order valence-electron chi connectivity index (χ1n) is 5.04. The maximum Gasteiger partial charge on any atom is 0.322 e. The number of hydrogen-bond acceptors (Lipinski definition) is 5. The predicted octanol–water partition coefficient (Wildman–Crippen LogP) is 1.52. The summed E-state index contributed by atoms with van der Waals surface area (Å²) in [4.78, 5) is 11.9. The molecule has 0 aliphatic rings. The number of benzene rings is 1. The minimum absolute atomic E-state index is 0.0781. The van der Waals surface area contributed by atoms with Crippen molar-refractivity contribution in [2.45, 2.75) is 13.8 Å². The topological polar surface area (TPSA) is 94.0 Å². The number of nitrogen functional groups attached to an aromatic ring is 1. The van der Waals surface area contributed by atoms with Crippen molar-refractivity contribution >= 4 is 17.6 Å². The van der Waals surface area contributed by atoms with Crippen LogP contribution in [-0.4, -0.2) is 16.1 Å². The van der Waals surface area contributed by atoms with Crippen LogP contribution in [0.3, 0.4) is 0 Å². The monoisotopic (exact) mass is 232 g/mol. The van der Waals surface area contributed by atoms with E-state index in [-0.39, 0.29) is 11.9 Å². The fraction of sp³-hybridized carbons (Fsp3) is 0.182. The van der Waals surface area contributed by atoms with Gasteiger partial charge in [-0.1, -0.05) is 11.2 Å². The predicted molar refractivity (Wildman–Crippen MR) is 62.6 cm³/mol. The quantitative estimate of drug-likeness (QED) is 0.765. The van der Waals surface area contributed by atoms with Gasteiger partial charge in [0.15, 0.2) is 0 Å². The second-order valence-electron chi connectivity index (χ2n) is 3.65. The Morgan fingerprint density at radius 3 is 2.76 bits per heavy atom. The van der Waals surface area contributed by atoms with Crippen LogP contribution in [0.2, 0.25) is 0 Å². The van der Waals surface area contributed by atoms with E-state index in [0.29, 0.717) is 17.1 Å². The summed E-state index contributed by atoms with van der Waals surface area (Å²) in [7, 11) is 0. The van der Waals surface area contributed by atoms with Gasteiger partial charge in [-0.15, -0.1) is 5.10 Å². The van der Waals surface area contributed by atoms with Crippen LogP contribution in [0.25, 0.3) is 0 Å². The third kappa shape index (κ3) is 2.41. The highest BCUT2D eigenvalue weighted by Gasteiger charge is 2.12. The fourth-order valence-corrected chi connectivity index (χ4v) is 1.40. The molecule has 0 saturated heterocycles. The summed E-state index contributed by atoms with van der Waals surface area (Å²) >= 11 is 0. The molecule has 2 rings (SSSR count). The van der Waals surface area contributed by atoms with Crippen molar-refractivity contribution in [3.05, 3.63) is 35.2 Å². The molecule has 1 aromatic carbocycles. The summed E-state index contributed by atoms with van der Waals surface area (Å²) in [5.41, 5.74) is 7.48. The molecule has 0 atom stereocenters. The van der Waals surface area contributed by atoms with Crippen LogP contribution in [0.1, 0.15) is 21.8 Å². The second kappa shape index (κ2) is 4.25. The van der Waals surface area contributed by atoms with Crippen molar-refractivity contribution in [2.75, 3.05) is 11.1 Å². The molecule has 0 radical (unpaired) electrons. The van der Waals surface area contributed by atoms with Crippen molar-refractivity contribution < 1.29 is 9.21 Å². The van der Waals surface area contributed by atoms with Crippen molar-refractivity contribution in [1.82, 2.24) is 10.2 Å². The molecule has 0 bridgehead atoms. The number of nitrogens with zero attached hydrogens (tertiary/aromatic N) is 2. The first-order valence-corrected chi connectivity index (χ1v) is 5.04. The fourth-order valence-electron chi connectivity index (χ4n) is 1.40.